The van der Waals surface area contributed by atoms with Crippen molar-refractivity contribution in [3.05, 3.63) is 35.9 Å². The van der Waals surface area contributed by atoms with E-state index in [4.69, 9.17) is 4.74 Å². The molecule has 0 unspecified atom stereocenters. The maximum Gasteiger partial charge on any atom is 0.409 e. The monoisotopic (exact) mass is 202 g/mol. The summed E-state index contributed by atoms with van der Waals surface area (Å²) in [5.74, 6) is 0.424. The molecule has 0 fully saturated rings. The average molecular weight is 202 g/mol. The maximum absolute atomic E-state index is 11.8. The van der Waals surface area contributed by atoms with Gasteiger partial charge in [0.05, 0.1) is 7.11 Å². The van der Waals surface area contributed by atoms with E-state index in [0.29, 0.717) is 11.3 Å². The summed E-state index contributed by atoms with van der Waals surface area (Å²) in [7, 11) is 1.42. The summed E-state index contributed by atoms with van der Waals surface area (Å²) in [5.41, 5.74) is 0.410. The molecule has 0 atom stereocenters. The van der Waals surface area contributed by atoms with Crippen LogP contribution >= 0.6 is 0 Å². The highest BCUT2D eigenvalue weighted by Gasteiger charge is 2.21. The van der Waals surface area contributed by atoms with Gasteiger partial charge in [-0.1, -0.05) is 18.2 Å². The second kappa shape index (κ2) is 4.17. The van der Waals surface area contributed by atoms with Gasteiger partial charge in [0.2, 0.25) is 0 Å². The van der Waals surface area contributed by atoms with Crippen LogP contribution in [0.4, 0.5) is 13.2 Å². The summed E-state index contributed by atoms with van der Waals surface area (Å²) in [6.45, 7) is 0. The van der Waals surface area contributed by atoms with E-state index < -0.39 is 6.18 Å². The summed E-state index contributed by atoms with van der Waals surface area (Å²) >= 11 is 0. The van der Waals surface area contributed by atoms with Crippen LogP contribution in [0.3, 0.4) is 0 Å². The lowest BCUT2D eigenvalue weighted by atomic mass is 10.2. The van der Waals surface area contributed by atoms with Crippen molar-refractivity contribution in [1.82, 2.24) is 0 Å². The molecule has 1 nitrogen and oxygen atoms in total. The van der Waals surface area contributed by atoms with Crippen LogP contribution in [0.25, 0.3) is 6.08 Å². The van der Waals surface area contributed by atoms with E-state index in [1.165, 1.54) is 7.11 Å². The first-order valence-electron chi connectivity index (χ1n) is 3.92. The lowest BCUT2D eigenvalue weighted by molar-refractivity contribution is -0.0790. The molecule has 1 aromatic rings. The first-order valence-corrected chi connectivity index (χ1v) is 3.92. The van der Waals surface area contributed by atoms with Crippen molar-refractivity contribution < 1.29 is 17.9 Å². The summed E-state index contributed by atoms with van der Waals surface area (Å²) < 4.78 is 40.4. The van der Waals surface area contributed by atoms with Crippen LogP contribution in [0, 0.1) is 0 Å². The Morgan fingerprint density at radius 2 is 1.86 bits per heavy atom. The Morgan fingerprint density at radius 3 is 2.43 bits per heavy atom. The number of rotatable bonds is 2. The molecular formula is C10H9F3O. The normalized spacial score (nSPS) is 12.0. The summed E-state index contributed by atoms with van der Waals surface area (Å²) in [5, 5.41) is 0. The van der Waals surface area contributed by atoms with Gasteiger partial charge < -0.3 is 4.74 Å². The fraction of sp³-hybridized carbons (Fsp3) is 0.200. The van der Waals surface area contributed by atoms with E-state index in [0.717, 1.165) is 6.08 Å². The largest absolute Gasteiger partial charge is 0.496 e. The first-order chi connectivity index (χ1) is 6.53. The van der Waals surface area contributed by atoms with Crippen molar-refractivity contribution in [2.45, 2.75) is 6.18 Å². The Morgan fingerprint density at radius 1 is 1.21 bits per heavy atom. The van der Waals surface area contributed by atoms with Gasteiger partial charge in [0.1, 0.15) is 5.75 Å². The molecule has 4 heteroatoms. The quantitative estimate of drug-likeness (QED) is 0.715. The molecule has 0 aromatic heterocycles. The molecule has 0 amide bonds. The minimum Gasteiger partial charge on any atom is -0.496 e. The van der Waals surface area contributed by atoms with Gasteiger partial charge in [-0.3, -0.25) is 0 Å². The lowest BCUT2D eigenvalue weighted by Crippen LogP contribution is -2.00. The van der Waals surface area contributed by atoms with Gasteiger partial charge in [0.25, 0.3) is 0 Å². The zero-order valence-electron chi connectivity index (χ0n) is 7.51. The van der Waals surface area contributed by atoms with Gasteiger partial charge in [-0.25, -0.2) is 0 Å². The fourth-order valence-corrected chi connectivity index (χ4v) is 0.988. The van der Waals surface area contributed by atoms with Crippen LogP contribution in [0.5, 0.6) is 5.75 Å². The maximum atomic E-state index is 11.8. The van der Waals surface area contributed by atoms with Crippen molar-refractivity contribution >= 4 is 6.08 Å². The number of benzene rings is 1. The van der Waals surface area contributed by atoms with Gasteiger partial charge in [-0.15, -0.1) is 0 Å². The average Bonchev–Trinajstić information content (AvgIpc) is 2.14. The molecular weight excluding hydrogens is 193 g/mol. The first kappa shape index (κ1) is 10.6. The number of halogens is 3. The van der Waals surface area contributed by atoms with Gasteiger partial charge in [-0.2, -0.15) is 13.2 Å². The molecule has 0 radical (unpaired) electrons. The lowest BCUT2D eigenvalue weighted by Gasteiger charge is -2.04. The fourth-order valence-electron chi connectivity index (χ4n) is 0.988. The van der Waals surface area contributed by atoms with E-state index >= 15 is 0 Å². The Kier molecular flexibility index (Phi) is 3.17. The molecule has 0 saturated heterocycles. The molecule has 0 spiro atoms. The van der Waals surface area contributed by atoms with Gasteiger partial charge in [0.15, 0.2) is 0 Å². The van der Waals surface area contributed by atoms with Gasteiger partial charge in [-0.05, 0) is 12.1 Å². The number of para-hydroxylation sites is 1. The number of methoxy groups -OCH3 is 1. The van der Waals surface area contributed by atoms with Crippen LogP contribution in [0.2, 0.25) is 0 Å². The Balaban J connectivity index is 2.91. The predicted octanol–water partition coefficient (Wildman–Crippen LogP) is 3.27. The second-order valence-corrected chi connectivity index (χ2v) is 2.62. The predicted molar refractivity (Wildman–Crippen MR) is 48.1 cm³/mol. The van der Waals surface area contributed by atoms with Crippen LogP contribution in [0.1, 0.15) is 5.56 Å². The Bertz CT molecular complexity index is 328. The number of hydrogen-bond donors (Lipinski definition) is 0. The molecule has 1 aromatic carbocycles. The third-order valence-corrected chi connectivity index (χ3v) is 1.59. The van der Waals surface area contributed by atoms with E-state index in [2.05, 4.69) is 0 Å². The molecule has 1 rings (SSSR count). The van der Waals surface area contributed by atoms with Crippen LogP contribution < -0.4 is 4.74 Å². The highest BCUT2D eigenvalue weighted by Crippen LogP contribution is 2.22. The molecule has 76 valence electrons. The van der Waals surface area contributed by atoms with Crippen molar-refractivity contribution in [3.63, 3.8) is 0 Å². The molecule has 0 aliphatic heterocycles. The van der Waals surface area contributed by atoms with Crippen molar-refractivity contribution in [1.29, 1.82) is 0 Å². The highest BCUT2D eigenvalue weighted by molar-refractivity contribution is 5.57. The SMILES string of the molecule is COc1ccccc1/C=C/C(F)(F)F. The van der Waals surface area contributed by atoms with Gasteiger partial charge in [0, 0.05) is 11.6 Å². The summed E-state index contributed by atoms with van der Waals surface area (Å²) in [4.78, 5) is 0. The molecule has 0 aliphatic rings. The van der Waals surface area contributed by atoms with E-state index in [1.807, 2.05) is 0 Å². The number of allylic oxidation sites excluding steroid dienone is 1. The van der Waals surface area contributed by atoms with Gasteiger partial charge >= 0.3 is 6.18 Å². The van der Waals surface area contributed by atoms with Crippen LogP contribution in [-0.2, 0) is 0 Å². The zero-order chi connectivity index (χ0) is 10.6. The third kappa shape index (κ3) is 3.12. The number of alkyl halides is 3. The Hall–Kier alpha value is -1.45. The minimum atomic E-state index is -4.29. The molecule has 14 heavy (non-hydrogen) atoms. The number of hydrogen-bond acceptors (Lipinski definition) is 1. The Labute approximate surface area is 79.8 Å². The third-order valence-electron chi connectivity index (χ3n) is 1.59. The zero-order valence-corrected chi connectivity index (χ0v) is 7.51. The molecule has 0 heterocycles. The molecule has 0 bridgehead atoms. The second-order valence-electron chi connectivity index (χ2n) is 2.62. The highest BCUT2D eigenvalue weighted by atomic mass is 19.4. The van der Waals surface area contributed by atoms with E-state index in [1.54, 1.807) is 24.3 Å². The summed E-state index contributed by atoms with van der Waals surface area (Å²) in [6.07, 6.45) is -3.12. The van der Waals surface area contributed by atoms with Crippen molar-refractivity contribution in [3.8, 4) is 5.75 Å². The topological polar surface area (TPSA) is 9.23 Å². The van der Waals surface area contributed by atoms with Crippen molar-refractivity contribution in [2.24, 2.45) is 0 Å². The molecule has 0 saturated carbocycles. The van der Waals surface area contributed by atoms with E-state index in [-0.39, 0.29) is 6.08 Å². The van der Waals surface area contributed by atoms with Crippen LogP contribution in [0.15, 0.2) is 30.3 Å². The van der Waals surface area contributed by atoms with E-state index in [9.17, 15) is 13.2 Å². The number of ether oxygens (including phenoxy) is 1. The minimum absolute atomic E-state index is 0.185. The molecule has 0 aliphatic carbocycles. The standard InChI is InChI=1S/C10H9F3O/c1-14-9-5-3-2-4-8(9)6-7-10(11,12)13/h2-7H,1H3/b7-6+. The van der Waals surface area contributed by atoms with Crippen LogP contribution in [-0.4, -0.2) is 13.3 Å². The smallest absolute Gasteiger partial charge is 0.409 e. The molecule has 0 N–H and O–H groups in total. The summed E-state index contributed by atoms with van der Waals surface area (Å²) in [6, 6.07) is 6.51. The van der Waals surface area contributed by atoms with Crippen molar-refractivity contribution in [2.75, 3.05) is 7.11 Å².